The third kappa shape index (κ3) is 2.83. The van der Waals surface area contributed by atoms with Crippen molar-refractivity contribution >= 4 is 12.2 Å². The van der Waals surface area contributed by atoms with Crippen molar-refractivity contribution in [1.29, 1.82) is 0 Å². The lowest BCUT2D eigenvalue weighted by atomic mass is 9.81. The van der Waals surface area contributed by atoms with Crippen LogP contribution < -0.4 is 10.4 Å². The van der Waals surface area contributed by atoms with Gasteiger partial charge in [-0.2, -0.15) is 0 Å². The van der Waals surface area contributed by atoms with Gasteiger partial charge < -0.3 is 0 Å². The van der Waals surface area contributed by atoms with Crippen LogP contribution in [0, 0.1) is 10.4 Å². The van der Waals surface area contributed by atoms with Gasteiger partial charge in [-0.05, 0) is 57.7 Å². The lowest BCUT2D eigenvalue weighted by Gasteiger charge is -2.23. The molecule has 2 aliphatic rings. The van der Waals surface area contributed by atoms with Crippen LogP contribution in [-0.2, 0) is 6.42 Å². The average Bonchev–Trinajstić information content (AvgIpc) is 2.64. The van der Waals surface area contributed by atoms with E-state index in [2.05, 4.69) is 55.5 Å². The third-order valence-electron chi connectivity index (χ3n) is 5.76. The highest BCUT2D eigenvalue weighted by Crippen LogP contribution is 2.30. The van der Waals surface area contributed by atoms with E-state index in [-0.39, 0.29) is 0 Å². The largest absolute Gasteiger partial charge is 0.0770 e. The Kier molecular flexibility index (Phi) is 4.56. The molecule has 2 aromatic rings. The topological polar surface area (TPSA) is 0 Å². The first-order chi connectivity index (χ1) is 11.9. The molecule has 2 aliphatic carbocycles. The summed E-state index contributed by atoms with van der Waals surface area (Å²) in [5, 5.41) is 5.88. The fraction of sp³-hybridized carbons (Fsp3) is 0.417. The molecule has 0 heteroatoms. The molecule has 0 fully saturated rings. The molecule has 0 bridgehead atoms. The van der Waals surface area contributed by atoms with E-state index in [1.165, 1.54) is 72.2 Å². The molecule has 24 heavy (non-hydrogen) atoms. The van der Waals surface area contributed by atoms with Gasteiger partial charge in [0, 0.05) is 5.92 Å². The third-order valence-corrected chi connectivity index (χ3v) is 5.76. The molecule has 0 amide bonds. The highest BCUT2D eigenvalue weighted by molar-refractivity contribution is 5.51. The second-order valence-corrected chi connectivity index (χ2v) is 7.40. The van der Waals surface area contributed by atoms with E-state index < -0.39 is 0 Å². The Morgan fingerprint density at radius 2 is 1.83 bits per heavy atom. The molecule has 0 nitrogen and oxygen atoms in total. The van der Waals surface area contributed by atoms with Gasteiger partial charge in [0.1, 0.15) is 0 Å². The Labute approximate surface area is 145 Å². The Bertz CT molecular complexity index is 933. The molecule has 0 N–H and O–H groups in total. The summed E-state index contributed by atoms with van der Waals surface area (Å²) < 4.78 is 0. The molecule has 0 heterocycles. The highest BCUT2D eigenvalue weighted by atomic mass is 14.2. The minimum Gasteiger partial charge on any atom is -0.0770 e. The van der Waals surface area contributed by atoms with Crippen LogP contribution in [0.25, 0.3) is 12.2 Å². The number of hydrogen-bond acceptors (Lipinski definition) is 0. The molecule has 2 aromatic carbocycles. The van der Waals surface area contributed by atoms with Gasteiger partial charge in [0.15, 0.2) is 0 Å². The van der Waals surface area contributed by atoms with Crippen molar-refractivity contribution in [2.75, 3.05) is 0 Å². The fourth-order valence-corrected chi connectivity index (χ4v) is 4.55. The average molecular weight is 316 g/mol. The first-order valence-corrected chi connectivity index (χ1v) is 9.81. The van der Waals surface area contributed by atoms with Crippen molar-refractivity contribution in [1.82, 2.24) is 0 Å². The maximum absolute atomic E-state index is 2.55. The summed E-state index contributed by atoms with van der Waals surface area (Å²) in [6, 6.07) is 13.7. The molecule has 124 valence electrons. The molecule has 0 aliphatic heterocycles. The highest BCUT2D eigenvalue weighted by Gasteiger charge is 2.19. The van der Waals surface area contributed by atoms with E-state index in [4.69, 9.17) is 0 Å². The van der Waals surface area contributed by atoms with E-state index in [0.717, 1.165) is 0 Å². The molecule has 0 saturated carbocycles. The van der Waals surface area contributed by atoms with Crippen LogP contribution in [0.1, 0.15) is 68.9 Å². The van der Waals surface area contributed by atoms with Gasteiger partial charge in [0.2, 0.25) is 0 Å². The standard InChI is InChI=1S/C24H28/c1-2-3-4-5-12-20-17-19-11-7-8-13-21(19)23-16-15-18-10-6-9-14-22(18)24(20)23/h7-8,10-11,13,15-17,20H,2-6,9,12,14H2,1H3. The molecule has 0 aromatic heterocycles. The van der Waals surface area contributed by atoms with Crippen LogP contribution in [0.4, 0.5) is 0 Å². The maximum atomic E-state index is 2.55. The van der Waals surface area contributed by atoms with Gasteiger partial charge in [-0.25, -0.2) is 0 Å². The summed E-state index contributed by atoms with van der Waals surface area (Å²) in [6.07, 6.45) is 15.5. The molecule has 0 radical (unpaired) electrons. The SMILES string of the molecule is CCCCCCC1C=c2ccccc2=c2ccc3c(c21)CCCC=3. The van der Waals surface area contributed by atoms with Crippen molar-refractivity contribution in [2.45, 2.75) is 64.2 Å². The van der Waals surface area contributed by atoms with E-state index >= 15 is 0 Å². The second kappa shape index (κ2) is 6.97. The van der Waals surface area contributed by atoms with Crippen LogP contribution in [0.3, 0.4) is 0 Å². The molecule has 1 atom stereocenters. The Balaban J connectivity index is 1.88. The molecule has 1 unspecified atom stereocenters. The van der Waals surface area contributed by atoms with Crippen molar-refractivity contribution in [3.8, 4) is 0 Å². The van der Waals surface area contributed by atoms with Crippen LogP contribution in [0.5, 0.6) is 0 Å². The summed E-state index contributed by atoms with van der Waals surface area (Å²) in [6.45, 7) is 2.30. The number of fused-ring (bicyclic) bond motifs is 4. The van der Waals surface area contributed by atoms with Gasteiger partial charge >= 0.3 is 0 Å². The van der Waals surface area contributed by atoms with Crippen LogP contribution in [0.2, 0.25) is 0 Å². The minimum absolute atomic E-state index is 0.605. The van der Waals surface area contributed by atoms with Gasteiger partial charge in [-0.1, -0.05) is 81.2 Å². The first kappa shape index (κ1) is 15.7. The lowest BCUT2D eigenvalue weighted by Crippen LogP contribution is -2.22. The van der Waals surface area contributed by atoms with Gasteiger partial charge in [-0.15, -0.1) is 0 Å². The number of rotatable bonds is 5. The Morgan fingerprint density at radius 3 is 2.75 bits per heavy atom. The monoisotopic (exact) mass is 316 g/mol. The number of unbranched alkanes of at least 4 members (excludes halogenated alkanes) is 3. The summed E-state index contributed by atoms with van der Waals surface area (Å²) in [4.78, 5) is 0. The zero-order chi connectivity index (χ0) is 16.4. The van der Waals surface area contributed by atoms with Crippen molar-refractivity contribution in [3.63, 3.8) is 0 Å². The second-order valence-electron chi connectivity index (χ2n) is 7.40. The Hall–Kier alpha value is -1.82. The first-order valence-electron chi connectivity index (χ1n) is 9.81. The van der Waals surface area contributed by atoms with Gasteiger partial charge in [0.05, 0.1) is 0 Å². The van der Waals surface area contributed by atoms with E-state index in [1.54, 1.807) is 11.1 Å². The van der Waals surface area contributed by atoms with E-state index in [0.29, 0.717) is 5.92 Å². The zero-order valence-electron chi connectivity index (χ0n) is 14.9. The normalized spacial score (nSPS) is 18.0. The van der Waals surface area contributed by atoms with Crippen molar-refractivity contribution in [2.24, 2.45) is 0 Å². The maximum Gasteiger partial charge on any atom is 0.00362 e. The fourth-order valence-electron chi connectivity index (χ4n) is 4.55. The predicted octanol–water partition coefficient (Wildman–Crippen LogP) is 4.94. The summed E-state index contributed by atoms with van der Waals surface area (Å²) >= 11 is 0. The summed E-state index contributed by atoms with van der Waals surface area (Å²) in [5.74, 6) is 0.605. The van der Waals surface area contributed by atoms with Gasteiger partial charge in [0.25, 0.3) is 0 Å². The quantitative estimate of drug-likeness (QED) is 0.686. The summed E-state index contributed by atoms with van der Waals surface area (Å²) in [7, 11) is 0. The minimum atomic E-state index is 0.605. The van der Waals surface area contributed by atoms with Gasteiger partial charge in [-0.3, -0.25) is 0 Å². The number of hydrogen-bond donors (Lipinski definition) is 0. The van der Waals surface area contributed by atoms with E-state index in [1.807, 2.05) is 0 Å². The van der Waals surface area contributed by atoms with Crippen LogP contribution >= 0.6 is 0 Å². The number of benzene rings is 2. The molecule has 0 saturated heterocycles. The molecular formula is C24H28. The van der Waals surface area contributed by atoms with Crippen LogP contribution in [-0.4, -0.2) is 0 Å². The van der Waals surface area contributed by atoms with E-state index in [9.17, 15) is 0 Å². The van der Waals surface area contributed by atoms with Crippen molar-refractivity contribution < 1.29 is 0 Å². The van der Waals surface area contributed by atoms with Crippen molar-refractivity contribution in [3.05, 3.63) is 68.4 Å². The predicted molar refractivity (Wildman–Crippen MR) is 103 cm³/mol. The molecule has 0 spiro atoms. The molecular weight excluding hydrogens is 288 g/mol. The van der Waals surface area contributed by atoms with Crippen LogP contribution in [0.15, 0.2) is 36.4 Å². The lowest BCUT2D eigenvalue weighted by molar-refractivity contribution is 0.608. The zero-order valence-corrected chi connectivity index (χ0v) is 14.9. The molecule has 4 rings (SSSR count). The smallest absolute Gasteiger partial charge is 0.00362 e. The Morgan fingerprint density at radius 1 is 0.917 bits per heavy atom. The summed E-state index contributed by atoms with van der Waals surface area (Å²) in [5.41, 5.74) is 3.30.